The lowest BCUT2D eigenvalue weighted by Gasteiger charge is -2.29. The first-order valence-electron chi connectivity index (χ1n) is 7.27. The lowest BCUT2D eigenvalue weighted by molar-refractivity contribution is -0.145. The number of rotatable bonds is 2. The van der Waals surface area contributed by atoms with Crippen LogP contribution < -0.4 is 0 Å². The Bertz CT molecular complexity index is 508. The monoisotopic (exact) mass is 301 g/mol. The smallest absolute Gasteiger partial charge is 0.372 e. The molecule has 1 aliphatic heterocycles. The summed E-state index contributed by atoms with van der Waals surface area (Å²) in [5.41, 5.74) is 0.0187. The van der Waals surface area contributed by atoms with Crippen LogP contribution in [0.5, 0.6) is 0 Å². The van der Waals surface area contributed by atoms with Gasteiger partial charge < -0.3 is 5.11 Å². The van der Waals surface area contributed by atoms with Gasteiger partial charge in [0.2, 0.25) is 5.82 Å². The summed E-state index contributed by atoms with van der Waals surface area (Å²) < 4.78 is 37.9. The lowest BCUT2D eigenvalue weighted by Crippen LogP contribution is -2.33. The highest BCUT2D eigenvalue weighted by Gasteiger charge is 2.39. The lowest BCUT2D eigenvalue weighted by atomic mass is 10.1. The van der Waals surface area contributed by atoms with Gasteiger partial charge in [0.1, 0.15) is 0 Å². The van der Waals surface area contributed by atoms with Crippen LogP contribution in [0, 0.1) is 11.8 Å². The second-order valence-corrected chi connectivity index (χ2v) is 5.90. The van der Waals surface area contributed by atoms with Gasteiger partial charge in [-0.3, -0.25) is 4.90 Å². The second kappa shape index (κ2) is 5.53. The third-order valence-corrected chi connectivity index (χ3v) is 4.42. The van der Waals surface area contributed by atoms with Crippen molar-refractivity contribution < 1.29 is 18.3 Å². The predicted octanol–water partition coefficient (Wildman–Crippen LogP) is 2.61. The molecule has 116 valence electrons. The molecule has 1 N–H and O–H groups in total. The highest BCUT2D eigenvalue weighted by molar-refractivity contribution is 5.07. The third-order valence-electron chi connectivity index (χ3n) is 4.42. The van der Waals surface area contributed by atoms with Crippen LogP contribution in [0.15, 0.2) is 12.3 Å². The molecule has 21 heavy (non-hydrogen) atoms. The Morgan fingerprint density at radius 2 is 2.00 bits per heavy atom. The van der Waals surface area contributed by atoms with Crippen molar-refractivity contribution in [2.24, 2.45) is 11.8 Å². The van der Waals surface area contributed by atoms with E-state index < -0.39 is 18.2 Å². The molecule has 7 heteroatoms. The van der Waals surface area contributed by atoms with Crippen LogP contribution in [0.4, 0.5) is 13.2 Å². The van der Waals surface area contributed by atoms with Crippen LogP contribution in [0.25, 0.3) is 0 Å². The van der Waals surface area contributed by atoms with Gasteiger partial charge >= 0.3 is 6.18 Å². The van der Waals surface area contributed by atoms with Crippen molar-refractivity contribution in [1.29, 1.82) is 0 Å². The van der Waals surface area contributed by atoms with Crippen molar-refractivity contribution in [3.8, 4) is 0 Å². The van der Waals surface area contributed by atoms with Gasteiger partial charge in [-0.15, -0.1) is 0 Å². The molecule has 4 nitrogen and oxygen atoms in total. The molecule has 3 rings (SSSR count). The number of alkyl halides is 3. The topological polar surface area (TPSA) is 49.3 Å². The first-order valence-corrected chi connectivity index (χ1v) is 7.27. The van der Waals surface area contributed by atoms with Crippen molar-refractivity contribution in [1.82, 2.24) is 14.9 Å². The molecule has 1 aromatic heterocycles. The average Bonchev–Trinajstić information content (AvgIpc) is 3.15. The number of fused-ring (bicyclic) bond motifs is 1. The SMILES string of the molecule is OC(c1ccnc(C(F)(F)F)n1)N1CCCC2CC2CC1. The van der Waals surface area contributed by atoms with Crippen LogP contribution in [0.2, 0.25) is 0 Å². The Labute approximate surface area is 121 Å². The maximum Gasteiger partial charge on any atom is 0.451 e. The van der Waals surface area contributed by atoms with E-state index in [0.717, 1.165) is 37.3 Å². The van der Waals surface area contributed by atoms with E-state index in [1.165, 1.54) is 12.5 Å². The molecule has 0 aromatic carbocycles. The zero-order chi connectivity index (χ0) is 15.0. The molecule has 1 aliphatic carbocycles. The van der Waals surface area contributed by atoms with Gasteiger partial charge in [-0.2, -0.15) is 13.2 Å². The molecule has 3 unspecified atom stereocenters. The first-order chi connectivity index (χ1) is 9.95. The van der Waals surface area contributed by atoms with Crippen LogP contribution in [0.3, 0.4) is 0 Å². The molecule has 3 atom stereocenters. The zero-order valence-electron chi connectivity index (χ0n) is 11.6. The third kappa shape index (κ3) is 3.35. The normalized spacial score (nSPS) is 28.4. The fourth-order valence-electron chi connectivity index (χ4n) is 3.10. The molecule has 1 saturated heterocycles. The summed E-state index contributed by atoms with van der Waals surface area (Å²) in [5, 5.41) is 10.3. The predicted molar refractivity (Wildman–Crippen MR) is 69.0 cm³/mol. The van der Waals surface area contributed by atoms with Gasteiger partial charge in [-0.05, 0) is 43.6 Å². The van der Waals surface area contributed by atoms with Gasteiger partial charge in [0.05, 0.1) is 5.69 Å². The van der Waals surface area contributed by atoms with Gasteiger partial charge in [0.15, 0.2) is 6.23 Å². The minimum atomic E-state index is -4.59. The van der Waals surface area contributed by atoms with Gasteiger partial charge in [-0.25, -0.2) is 9.97 Å². The molecule has 0 radical (unpaired) electrons. The van der Waals surface area contributed by atoms with E-state index in [-0.39, 0.29) is 5.69 Å². The Morgan fingerprint density at radius 1 is 1.24 bits per heavy atom. The van der Waals surface area contributed by atoms with Crippen LogP contribution in [0.1, 0.15) is 43.4 Å². The molecule has 2 fully saturated rings. The summed E-state index contributed by atoms with van der Waals surface area (Å²) in [5.74, 6) is 0.365. The minimum absolute atomic E-state index is 0.0187. The summed E-state index contributed by atoms with van der Waals surface area (Å²) in [7, 11) is 0. The summed E-state index contributed by atoms with van der Waals surface area (Å²) >= 11 is 0. The Kier molecular flexibility index (Phi) is 3.88. The van der Waals surface area contributed by atoms with Crippen molar-refractivity contribution in [3.63, 3.8) is 0 Å². The van der Waals surface area contributed by atoms with E-state index in [2.05, 4.69) is 9.97 Å². The maximum atomic E-state index is 12.6. The van der Waals surface area contributed by atoms with E-state index >= 15 is 0 Å². The summed E-state index contributed by atoms with van der Waals surface area (Å²) in [6, 6.07) is 1.35. The fraction of sp³-hybridized carbons (Fsp3) is 0.714. The van der Waals surface area contributed by atoms with Crippen molar-refractivity contribution in [3.05, 3.63) is 23.8 Å². The molecule has 0 bridgehead atoms. The molecule has 1 aromatic rings. The fourth-order valence-corrected chi connectivity index (χ4v) is 3.10. The van der Waals surface area contributed by atoms with E-state index in [4.69, 9.17) is 0 Å². The minimum Gasteiger partial charge on any atom is -0.372 e. The zero-order valence-corrected chi connectivity index (χ0v) is 11.6. The van der Waals surface area contributed by atoms with E-state index in [1.807, 2.05) is 4.90 Å². The standard InChI is InChI=1S/C14H18F3N3O/c15-14(16,17)13-18-5-3-11(19-13)12(21)20-6-1-2-9-8-10(9)4-7-20/h3,5,9-10,12,21H,1-2,4,6-8H2. The number of hydrogen-bond acceptors (Lipinski definition) is 4. The number of aromatic nitrogens is 2. The summed E-state index contributed by atoms with van der Waals surface area (Å²) in [6.07, 6.45) is -0.262. The Balaban J connectivity index is 1.72. The largest absolute Gasteiger partial charge is 0.451 e. The molecule has 0 spiro atoms. The molecule has 1 saturated carbocycles. The maximum absolute atomic E-state index is 12.6. The first kappa shape index (κ1) is 14.7. The van der Waals surface area contributed by atoms with Crippen molar-refractivity contribution in [2.45, 2.75) is 38.1 Å². The molecule has 2 aliphatic rings. The van der Waals surface area contributed by atoms with Crippen LogP contribution >= 0.6 is 0 Å². The van der Waals surface area contributed by atoms with Gasteiger partial charge in [0.25, 0.3) is 0 Å². The van der Waals surface area contributed by atoms with Crippen molar-refractivity contribution >= 4 is 0 Å². The highest BCUT2D eigenvalue weighted by Crippen LogP contribution is 2.46. The number of aliphatic hydroxyl groups is 1. The number of hydrogen-bond donors (Lipinski definition) is 1. The number of aliphatic hydroxyl groups excluding tert-OH is 1. The van der Waals surface area contributed by atoms with Gasteiger partial charge in [-0.1, -0.05) is 0 Å². The average molecular weight is 301 g/mol. The second-order valence-electron chi connectivity index (χ2n) is 5.90. The molecular formula is C14H18F3N3O. The highest BCUT2D eigenvalue weighted by atomic mass is 19.4. The molecule has 2 heterocycles. The number of likely N-dealkylation sites (tertiary alicyclic amines) is 1. The van der Waals surface area contributed by atoms with Gasteiger partial charge in [0, 0.05) is 19.3 Å². The van der Waals surface area contributed by atoms with E-state index in [1.54, 1.807) is 0 Å². The van der Waals surface area contributed by atoms with Crippen molar-refractivity contribution in [2.75, 3.05) is 13.1 Å². The quantitative estimate of drug-likeness (QED) is 0.912. The molecular weight excluding hydrogens is 283 g/mol. The van der Waals surface area contributed by atoms with E-state index in [0.29, 0.717) is 13.1 Å². The summed E-state index contributed by atoms with van der Waals surface area (Å²) in [4.78, 5) is 8.52. The van der Waals surface area contributed by atoms with Crippen LogP contribution in [-0.4, -0.2) is 33.1 Å². The van der Waals surface area contributed by atoms with E-state index in [9.17, 15) is 18.3 Å². The Hall–Kier alpha value is -1.21. The Morgan fingerprint density at radius 3 is 2.76 bits per heavy atom. The summed E-state index contributed by atoms with van der Waals surface area (Å²) in [6.45, 7) is 1.39. The number of halogens is 3. The molecule has 0 amide bonds. The van der Waals surface area contributed by atoms with Crippen LogP contribution in [-0.2, 0) is 6.18 Å². The number of nitrogens with zero attached hydrogens (tertiary/aromatic N) is 3.